The molecule has 2 aliphatic rings. The lowest BCUT2D eigenvalue weighted by Gasteiger charge is -2.23. The van der Waals surface area contributed by atoms with Crippen LogP contribution < -0.4 is 5.73 Å². The topological polar surface area (TPSA) is 47.6 Å². The molecule has 1 fully saturated rings. The van der Waals surface area contributed by atoms with Gasteiger partial charge in [0.15, 0.2) is 0 Å². The molecule has 2 rings (SSSR count). The number of ether oxygens (including phenoxy) is 1. The van der Waals surface area contributed by atoms with Gasteiger partial charge in [0.2, 0.25) is 0 Å². The fourth-order valence-electron chi connectivity index (χ4n) is 2.17. The van der Waals surface area contributed by atoms with Gasteiger partial charge in [0, 0.05) is 0 Å². The Bertz CT molecular complexity index is 185. The number of nitrogens with zero attached hydrogens (tertiary/aromatic N) is 1. The van der Waals surface area contributed by atoms with E-state index < -0.39 is 0 Å². The highest BCUT2D eigenvalue weighted by Crippen LogP contribution is 2.29. The molecule has 0 amide bonds. The van der Waals surface area contributed by atoms with Gasteiger partial charge in [0.25, 0.3) is 6.02 Å². The van der Waals surface area contributed by atoms with Crippen molar-refractivity contribution in [2.75, 3.05) is 6.61 Å². The van der Waals surface area contributed by atoms with Gasteiger partial charge in [-0.1, -0.05) is 19.3 Å². The highest BCUT2D eigenvalue weighted by molar-refractivity contribution is 5.73. The van der Waals surface area contributed by atoms with E-state index in [0.717, 1.165) is 12.5 Å². The summed E-state index contributed by atoms with van der Waals surface area (Å²) >= 11 is 0. The second-order valence-electron chi connectivity index (χ2n) is 3.74. The maximum absolute atomic E-state index is 5.46. The molecule has 1 heterocycles. The lowest BCUT2D eigenvalue weighted by Crippen LogP contribution is -2.22. The van der Waals surface area contributed by atoms with Crippen LogP contribution in [0.3, 0.4) is 0 Å². The minimum absolute atomic E-state index is 0.366. The van der Waals surface area contributed by atoms with E-state index in [2.05, 4.69) is 4.99 Å². The SMILES string of the molecule is NC1=N[C@@H](C2CCCCC2)CO1. The smallest absolute Gasteiger partial charge is 0.282 e. The molecule has 0 saturated heterocycles. The molecule has 0 bridgehead atoms. The molecule has 3 nitrogen and oxygen atoms in total. The van der Waals surface area contributed by atoms with Crippen molar-refractivity contribution in [3.8, 4) is 0 Å². The van der Waals surface area contributed by atoms with Crippen molar-refractivity contribution in [2.24, 2.45) is 16.6 Å². The fraction of sp³-hybridized carbons (Fsp3) is 0.889. The van der Waals surface area contributed by atoms with Crippen molar-refractivity contribution in [1.29, 1.82) is 0 Å². The highest BCUT2D eigenvalue weighted by Gasteiger charge is 2.27. The lowest BCUT2D eigenvalue weighted by molar-refractivity contribution is 0.239. The Morgan fingerprint density at radius 2 is 2.00 bits per heavy atom. The minimum atomic E-state index is 0.366. The first-order valence-corrected chi connectivity index (χ1v) is 4.82. The summed E-state index contributed by atoms with van der Waals surface area (Å²) in [4.78, 5) is 4.28. The Morgan fingerprint density at radius 1 is 1.25 bits per heavy atom. The van der Waals surface area contributed by atoms with Gasteiger partial charge in [-0.25, -0.2) is 4.99 Å². The van der Waals surface area contributed by atoms with Crippen molar-refractivity contribution in [2.45, 2.75) is 38.1 Å². The third-order valence-electron chi connectivity index (χ3n) is 2.89. The first-order valence-electron chi connectivity index (χ1n) is 4.82. The van der Waals surface area contributed by atoms with E-state index in [-0.39, 0.29) is 0 Å². The fourth-order valence-corrected chi connectivity index (χ4v) is 2.17. The van der Waals surface area contributed by atoms with Crippen LogP contribution in [-0.4, -0.2) is 18.7 Å². The molecule has 68 valence electrons. The number of hydrogen-bond donors (Lipinski definition) is 1. The van der Waals surface area contributed by atoms with E-state index >= 15 is 0 Å². The van der Waals surface area contributed by atoms with E-state index in [1.807, 2.05) is 0 Å². The van der Waals surface area contributed by atoms with Crippen molar-refractivity contribution in [1.82, 2.24) is 0 Å². The molecule has 0 aromatic carbocycles. The maximum atomic E-state index is 5.46. The summed E-state index contributed by atoms with van der Waals surface area (Å²) in [5.74, 6) is 0.736. The molecule has 2 N–H and O–H groups in total. The molecule has 0 radical (unpaired) electrons. The van der Waals surface area contributed by atoms with Gasteiger partial charge in [-0.15, -0.1) is 0 Å². The monoisotopic (exact) mass is 168 g/mol. The van der Waals surface area contributed by atoms with Crippen molar-refractivity contribution >= 4 is 6.02 Å². The Morgan fingerprint density at radius 3 is 2.58 bits per heavy atom. The minimum Gasteiger partial charge on any atom is -0.463 e. The summed E-state index contributed by atoms with van der Waals surface area (Å²) in [6, 6.07) is 0.760. The van der Waals surface area contributed by atoms with Crippen LogP contribution >= 0.6 is 0 Å². The molecule has 1 aliphatic heterocycles. The van der Waals surface area contributed by atoms with E-state index in [1.165, 1.54) is 32.1 Å². The average molecular weight is 168 g/mol. The molecule has 0 unspecified atom stereocenters. The molecule has 0 spiro atoms. The number of nitrogens with two attached hydrogens (primary N) is 1. The average Bonchev–Trinajstić information content (AvgIpc) is 2.54. The number of rotatable bonds is 1. The maximum Gasteiger partial charge on any atom is 0.282 e. The third kappa shape index (κ3) is 1.54. The van der Waals surface area contributed by atoms with Crippen LogP contribution in [0.5, 0.6) is 0 Å². The third-order valence-corrected chi connectivity index (χ3v) is 2.89. The van der Waals surface area contributed by atoms with E-state index in [4.69, 9.17) is 10.5 Å². The number of amidine groups is 1. The van der Waals surface area contributed by atoms with Crippen LogP contribution in [0.1, 0.15) is 32.1 Å². The molecular weight excluding hydrogens is 152 g/mol. The second-order valence-corrected chi connectivity index (χ2v) is 3.74. The van der Waals surface area contributed by atoms with Gasteiger partial charge in [-0.05, 0) is 18.8 Å². The van der Waals surface area contributed by atoms with Crippen molar-refractivity contribution in [3.63, 3.8) is 0 Å². The molecule has 12 heavy (non-hydrogen) atoms. The quantitative estimate of drug-likeness (QED) is 0.641. The Labute approximate surface area is 73.0 Å². The van der Waals surface area contributed by atoms with Gasteiger partial charge < -0.3 is 10.5 Å². The molecular formula is C9H16N2O. The molecule has 1 atom stereocenters. The Hall–Kier alpha value is -0.730. The van der Waals surface area contributed by atoms with E-state index in [1.54, 1.807) is 0 Å². The second kappa shape index (κ2) is 3.33. The summed E-state index contributed by atoms with van der Waals surface area (Å²) < 4.78 is 5.15. The first-order chi connectivity index (χ1) is 5.86. The predicted octanol–water partition coefficient (Wildman–Crippen LogP) is 1.28. The van der Waals surface area contributed by atoms with Crippen molar-refractivity contribution < 1.29 is 4.74 Å². The van der Waals surface area contributed by atoms with Crippen LogP contribution in [0, 0.1) is 5.92 Å². The first kappa shape index (κ1) is 7.90. The Balaban J connectivity index is 1.91. The van der Waals surface area contributed by atoms with Gasteiger partial charge in [-0.3, -0.25) is 0 Å². The largest absolute Gasteiger partial charge is 0.463 e. The van der Waals surface area contributed by atoms with E-state index in [9.17, 15) is 0 Å². The zero-order valence-electron chi connectivity index (χ0n) is 7.33. The van der Waals surface area contributed by atoms with Gasteiger partial charge in [-0.2, -0.15) is 0 Å². The molecule has 3 heteroatoms. The van der Waals surface area contributed by atoms with Gasteiger partial charge >= 0.3 is 0 Å². The summed E-state index contributed by atoms with van der Waals surface area (Å²) in [7, 11) is 0. The van der Waals surface area contributed by atoms with Gasteiger partial charge in [0.05, 0.1) is 6.04 Å². The zero-order chi connectivity index (χ0) is 8.39. The van der Waals surface area contributed by atoms with Crippen LogP contribution in [0.25, 0.3) is 0 Å². The normalized spacial score (nSPS) is 31.3. The summed E-state index contributed by atoms with van der Waals surface area (Å²) in [6.07, 6.45) is 6.73. The number of hydrogen-bond acceptors (Lipinski definition) is 3. The predicted molar refractivity (Wildman–Crippen MR) is 47.9 cm³/mol. The number of aliphatic imine (C=N–C) groups is 1. The summed E-state index contributed by atoms with van der Waals surface area (Å²) in [6.45, 7) is 0.719. The molecule has 0 aromatic rings. The van der Waals surface area contributed by atoms with Crippen LogP contribution in [0.2, 0.25) is 0 Å². The van der Waals surface area contributed by atoms with Gasteiger partial charge in [0.1, 0.15) is 6.61 Å². The van der Waals surface area contributed by atoms with Crippen molar-refractivity contribution in [3.05, 3.63) is 0 Å². The molecule has 1 aliphatic carbocycles. The summed E-state index contributed by atoms with van der Waals surface area (Å²) in [5.41, 5.74) is 5.46. The summed E-state index contributed by atoms with van der Waals surface area (Å²) in [5, 5.41) is 0. The van der Waals surface area contributed by atoms with Crippen LogP contribution in [-0.2, 0) is 4.74 Å². The molecule has 0 aromatic heterocycles. The lowest BCUT2D eigenvalue weighted by atomic mass is 9.84. The zero-order valence-corrected chi connectivity index (χ0v) is 7.33. The standard InChI is InChI=1S/C9H16N2O/c10-9-11-8(6-12-9)7-4-2-1-3-5-7/h7-8H,1-6H2,(H2,10,11)/t8-/m1/s1. The molecule has 1 saturated carbocycles. The highest BCUT2D eigenvalue weighted by atomic mass is 16.5. The van der Waals surface area contributed by atoms with Crippen LogP contribution in [0.4, 0.5) is 0 Å². The Kier molecular flexibility index (Phi) is 2.19. The van der Waals surface area contributed by atoms with Crippen LogP contribution in [0.15, 0.2) is 4.99 Å². The van der Waals surface area contributed by atoms with E-state index in [0.29, 0.717) is 12.1 Å².